The van der Waals surface area contributed by atoms with Gasteiger partial charge in [0.05, 0.1) is 11.3 Å². The number of furan rings is 1. The Bertz CT molecular complexity index is 541. The molecule has 2 aromatic heterocycles. The zero-order valence-corrected chi connectivity index (χ0v) is 11.0. The van der Waals surface area contributed by atoms with E-state index < -0.39 is 5.97 Å². The standard InChI is InChI=1S/C11H8BrNO3S/c12-9-2-1-3-13-10(9)17-6-8-4-7(5-16-8)11(14)15/h1-5H,6H2,(H,14,15). The normalized spacial score (nSPS) is 10.4. The van der Waals surface area contributed by atoms with Gasteiger partial charge in [0.15, 0.2) is 0 Å². The molecule has 0 atom stereocenters. The molecule has 0 saturated heterocycles. The van der Waals surface area contributed by atoms with E-state index in [2.05, 4.69) is 20.9 Å². The molecule has 0 amide bonds. The van der Waals surface area contributed by atoms with Crippen molar-refractivity contribution in [3.8, 4) is 0 Å². The van der Waals surface area contributed by atoms with Crippen LogP contribution in [0.4, 0.5) is 0 Å². The Balaban J connectivity index is 2.02. The topological polar surface area (TPSA) is 63.3 Å². The number of carboxylic acid groups (broad SMARTS) is 1. The number of pyridine rings is 1. The summed E-state index contributed by atoms with van der Waals surface area (Å²) in [6.07, 6.45) is 2.95. The van der Waals surface area contributed by atoms with Crippen molar-refractivity contribution in [1.82, 2.24) is 4.98 Å². The molecule has 0 aliphatic rings. The maximum Gasteiger partial charge on any atom is 0.338 e. The first kappa shape index (κ1) is 12.2. The molecule has 0 radical (unpaired) electrons. The summed E-state index contributed by atoms with van der Waals surface area (Å²) in [5.41, 5.74) is 0.167. The third-order valence-electron chi connectivity index (χ3n) is 1.98. The number of hydrogen-bond acceptors (Lipinski definition) is 4. The van der Waals surface area contributed by atoms with Crippen LogP contribution in [0.25, 0.3) is 0 Å². The second-order valence-corrected chi connectivity index (χ2v) is 5.00. The van der Waals surface area contributed by atoms with Crippen molar-refractivity contribution >= 4 is 33.7 Å². The van der Waals surface area contributed by atoms with Gasteiger partial charge in [0.1, 0.15) is 17.0 Å². The second kappa shape index (κ2) is 5.37. The van der Waals surface area contributed by atoms with Crippen LogP contribution in [0.3, 0.4) is 0 Å². The zero-order chi connectivity index (χ0) is 12.3. The maximum absolute atomic E-state index is 10.7. The first-order valence-corrected chi connectivity index (χ1v) is 6.48. The number of carbonyl (C=O) groups is 1. The molecule has 0 unspecified atom stereocenters. The van der Waals surface area contributed by atoms with Crippen LogP contribution < -0.4 is 0 Å². The lowest BCUT2D eigenvalue weighted by atomic mass is 10.3. The van der Waals surface area contributed by atoms with Gasteiger partial charge in [0.25, 0.3) is 0 Å². The molecule has 0 aliphatic heterocycles. The first-order chi connectivity index (χ1) is 8.16. The predicted octanol–water partition coefficient (Wildman–Crippen LogP) is 3.43. The Labute approximate surface area is 110 Å². The van der Waals surface area contributed by atoms with Crippen molar-refractivity contribution in [3.05, 3.63) is 46.5 Å². The molecule has 0 aromatic carbocycles. The van der Waals surface area contributed by atoms with E-state index in [9.17, 15) is 4.79 Å². The third-order valence-corrected chi connectivity index (χ3v) is 3.91. The summed E-state index contributed by atoms with van der Waals surface area (Å²) < 4.78 is 6.05. The molecule has 2 rings (SSSR count). The number of rotatable bonds is 4. The number of nitrogens with zero attached hydrogens (tertiary/aromatic N) is 1. The summed E-state index contributed by atoms with van der Waals surface area (Å²) in [5, 5.41) is 9.59. The molecule has 88 valence electrons. The molecule has 1 N–H and O–H groups in total. The van der Waals surface area contributed by atoms with Gasteiger partial charge < -0.3 is 9.52 Å². The summed E-state index contributed by atoms with van der Waals surface area (Å²) in [5.74, 6) is 0.178. The molecule has 2 aromatic rings. The van der Waals surface area contributed by atoms with Crippen molar-refractivity contribution in [1.29, 1.82) is 0 Å². The van der Waals surface area contributed by atoms with Gasteiger partial charge in [-0.2, -0.15) is 0 Å². The van der Waals surface area contributed by atoms with Gasteiger partial charge in [-0.3, -0.25) is 0 Å². The number of hydrogen-bond donors (Lipinski definition) is 1. The highest BCUT2D eigenvalue weighted by Crippen LogP contribution is 2.28. The first-order valence-electron chi connectivity index (χ1n) is 4.71. The van der Waals surface area contributed by atoms with Gasteiger partial charge in [0, 0.05) is 10.7 Å². The van der Waals surface area contributed by atoms with Crippen LogP contribution in [0.2, 0.25) is 0 Å². The van der Waals surface area contributed by atoms with Crippen molar-refractivity contribution in [2.45, 2.75) is 10.8 Å². The fourth-order valence-electron chi connectivity index (χ4n) is 1.19. The summed E-state index contributed by atoms with van der Waals surface area (Å²) in [6, 6.07) is 5.26. The van der Waals surface area contributed by atoms with Gasteiger partial charge in [-0.05, 0) is 34.1 Å². The van der Waals surface area contributed by atoms with E-state index in [-0.39, 0.29) is 5.56 Å². The monoisotopic (exact) mass is 313 g/mol. The van der Waals surface area contributed by atoms with Crippen molar-refractivity contribution in [3.63, 3.8) is 0 Å². The largest absolute Gasteiger partial charge is 0.478 e. The van der Waals surface area contributed by atoms with Gasteiger partial charge in [-0.1, -0.05) is 11.8 Å². The number of thioether (sulfide) groups is 1. The molecule has 0 fully saturated rings. The molecule has 0 bridgehead atoms. The van der Waals surface area contributed by atoms with E-state index >= 15 is 0 Å². The van der Waals surface area contributed by atoms with Crippen molar-refractivity contribution in [2.75, 3.05) is 0 Å². The van der Waals surface area contributed by atoms with Crippen LogP contribution in [0.1, 0.15) is 16.1 Å². The maximum atomic E-state index is 10.7. The highest BCUT2D eigenvalue weighted by Gasteiger charge is 2.09. The van der Waals surface area contributed by atoms with Crippen molar-refractivity contribution in [2.24, 2.45) is 0 Å². The van der Waals surface area contributed by atoms with Crippen LogP contribution >= 0.6 is 27.7 Å². The number of aromatic carboxylic acids is 1. The number of halogens is 1. The Morgan fingerprint density at radius 2 is 2.41 bits per heavy atom. The van der Waals surface area contributed by atoms with Gasteiger partial charge >= 0.3 is 5.97 Å². The van der Waals surface area contributed by atoms with Crippen LogP contribution in [0.15, 0.2) is 44.6 Å². The van der Waals surface area contributed by atoms with E-state index in [1.807, 2.05) is 12.1 Å². The van der Waals surface area contributed by atoms with Crippen LogP contribution in [-0.2, 0) is 5.75 Å². The summed E-state index contributed by atoms with van der Waals surface area (Å²) in [6.45, 7) is 0. The van der Waals surface area contributed by atoms with Crippen LogP contribution in [0.5, 0.6) is 0 Å². The molecule has 0 spiro atoms. The second-order valence-electron chi connectivity index (χ2n) is 3.19. The fourth-order valence-corrected chi connectivity index (χ4v) is 2.56. The Hall–Kier alpha value is -1.27. The minimum absolute atomic E-state index is 0.167. The summed E-state index contributed by atoms with van der Waals surface area (Å²) in [7, 11) is 0. The van der Waals surface area contributed by atoms with E-state index in [0.29, 0.717) is 11.5 Å². The average Bonchev–Trinajstić information content (AvgIpc) is 2.77. The molecule has 0 aliphatic carbocycles. The van der Waals surface area contributed by atoms with Gasteiger partial charge in [-0.25, -0.2) is 9.78 Å². The quantitative estimate of drug-likeness (QED) is 0.876. The smallest absolute Gasteiger partial charge is 0.338 e. The fraction of sp³-hybridized carbons (Fsp3) is 0.0909. The highest BCUT2D eigenvalue weighted by molar-refractivity contribution is 9.10. The molecule has 6 heteroatoms. The Morgan fingerprint density at radius 1 is 1.59 bits per heavy atom. The van der Waals surface area contributed by atoms with E-state index in [0.717, 1.165) is 9.50 Å². The van der Waals surface area contributed by atoms with Crippen molar-refractivity contribution < 1.29 is 14.3 Å². The summed E-state index contributed by atoms with van der Waals surface area (Å²) in [4.78, 5) is 14.8. The molecule has 4 nitrogen and oxygen atoms in total. The Morgan fingerprint density at radius 3 is 3.06 bits per heavy atom. The van der Waals surface area contributed by atoms with Gasteiger partial charge in [-0.15, -0.1) is 0 Å². The number of aromatic nitrogens is 1. The van der Waals surface area contributed by atoms with E-state index in [4.69, 9.17) is 9.52 Å². The molecule has 0 saturated carbocycles. The minimum Gasteiger partial charge on any atom is -0.478 e. The third kappa shape index (κ3) is 3.10. The molecule has 2 heterocycles. The lowest BCUT2D eigenvalue weighted by molar-refractivity contribution is 0.0696. The lowest BCUT2D eigenvalue weighted by Gasteiger charge is -2.00. The average molecular weight is 314 g/mol. The molecular formula is C11H8BrNO3S. The predicted molar refractivity (Wildman–Crippen MR) is 67.2 cm³/mol. The minimum atomic E-state index is -0.982. The SMILES string of the molecule is O=C(O)c1coc(CSc2ncccc2Br)c1. The molecule has 17 heavy (non-hydrogen) atoms. The Kier molecular flexibility index (Phi) is 3.86. The summed E-state index contributed by atoms with van der Waals surface area (Å²) >= 11 is 4.87. The van der Waals surface area contributed by atoms with Gasteiger partial charge in [0.2, 0.25) is 0 Å². The van der Waals surface area contributed by atoms with Crippen LogP contribution in [-0.4, -0.2) is 16.1 Å². The number of carboxylic acids is 1. The van der Waals surface area contributed by atoms with E-state index in [1.54, 1.807) is 6.20 Å². The highest BCUT2D eigenvalue weighted by atomic mass is 79.9. The van der Waals surface area contributed by atoms with E-state index in [1.165, 1.54) is 24.1 Å². The lowest BCUT2D eigenvalue weighted by Crippen LogP contribution is -1.91. The van der Waals surface area contributed by atoms with Crippen LogP contribution in [0, 0.1) is 0 Å². The zero-order valence-electron chi connectivity index (χ0n) is 8.59. The molecular weight excluding hydrogens is 306 g/mol.